The summed E-state index contributed by atoms with van der Waals surface area (Å²) in [6.07, 6.45) is 2.23. The number of furan rings is 1. The fraction of sp³-hybridized carbons (Fsp3) is 0.240. The molecule has 2 aromatic carbocycles. The highest BCUT2D eigenvalue weighted by atomic mass is 32.1. The lowest BCUT2D eigenvalue weighted by atomic mass is 10.1. The molecule has 1 N–H and O–H groups in total. The number of anilines is 1. The number of carbonyl (C=O) groups excluding carboxylic acids is 2. The van der Waals surface area contributed by atoms with E-state index in [2.05, 4.69) is 5.32 Å². The highest BCUT2D eigenvalue weighted by Gasteiger charge is 2.43. The van der Waals surface area contributed by atoms with E-state index in [1.807, 2.05) is 36.4 Å². The molecule has 2 amide bonds. The van der Waals surface area contributed by atoms with Gasteiger partial charge in [-0.15, -0.1) is 0 Å². The molecule has 1 aromatic heterocycles. The lowest BCUT2D eigenvalue weighted by Crippen LogP contribution is -2.37. The summed E-state index contributed by atoms with van der Waals surface area (Å²) in [7, 11) is 1.58. The van der Waals surface area contributed by atoms with Gasteiger partial charge in [0.2, 0.25) is 5.91 Å². The number of amides is 2. The van der Waals surface area contributed by atoms with E-state index in [-0.39, 0.29) is 18.2 Å². The van der Waals surface area contributed by atoms with Crippen molar-refractivity contribution in [2.24, 2.45) is 0 Å². The molecule has 7 nitrogen and oxygen atoms in total. The Hall–Kier alpha value is -3.65. The minimum atomic E-state index is -0.698. The minimum absolute atomic E-state index is 0.0203. The zero-order chi connectivity index (χ0) is 23.2. The normalized spacial score (nSPS) is 15.7. The third-order valence-corrected chi connectivity index (χ3v) is 5.98. The highest BCUT2D eigenvalue weighted by molar-refractivity contribution is 7.80. The number of methoxy groups -OCH3 is 1. The predicted octanol–water partition coefficient (Wildman–Crippen LogP) is 3.86. The Morgan fingerprint density at radius 1 is 1.09 bits per heavy atom. The summed E-state index contributed by atoms with van der Waals surface area (Å²) in [6, 6.07) is 19.9. The molecule has 2 heterocycles. The van der Waals surface area contributed by atoms with Crippen LogP contribution in [0.25, 0.3) is 0 Å². The van der Waals surface area contributed by atoms with Crippen molar-refractivity contribution in [2.75, 3.05) is 19.0 Å². The molecular weight excluding hydrogens is 438 g/mol. The van der Waals surface area contributed by atoms with Crippen LogP contribution in [0, 0.1) is 0 Å². The SMILES string of the molecule is COc1ccc(NC(=O)C[C@@H]2C(=O)N(CCc3ccccc3)C(=S)N2Cc2ccco2)cc1. The molecule has 0 radical (unpaired) electrons. The van der Waals surface area contributed by atoms with E-state index >= 15 is 0 Å². The molecule has 1 atom stereocenters. The summed E-state index contributed by atoms with van der Waals surface area (Å²) in [5.74, 6) is 0.932. The van der Waals surface area contributed by atoms with Gasteiger partial charge in [0.25, 0.3) is 5.91 Å². The van der Waals surface area contributed by atoms with Crippen molar-refractivity contribution < 1.29 is 18.7 Å². The Morgan fingerprint density at radius 2 is 1.85 bits per heavy atom. The fourth-order valence-corrected chi connectivity index (χ4v) is 4.17. The number of carbonyl (C=O) groups is 2. The first-order valence-electron chi connectivity index (χ1n) is 10.7. The molecule has 1 fully saturated rings. The Labute approximate surface area is 197 Å². The number of rotatable bonds is 9. The van der Waals surface area contributed by atoms with Crippen molar-refractivity contribution in [2.45, 2.75) is 25.4 Å². The molecule has 1 saturated heterocycles. The van der Waals surface area contributed by atoms with Crippen molar-refractivity contribution in [1.82, 2.24) is 9.80 Å². The van der Waals surface area contributed by atoms with Crippen LogP contribution < -0.4 is 10.1 Å². The van der Waals surface area contributed by atoms with E-state index in [1.54, 1.807) is 53.5 Å². The van der Waals surface area contributed by atoms with Crippen LogP contribution >= 0.6 is 12.2 Å². The first-order chi connectivity index (χ1) is 16.0. The van der Waals surface area contributed by atoms with Gasteiger partial charge in [-0.2, -0.15) is 0 Å². The summed E-state index contributed by atoms with van der Waals surface area (Å²) in [5.41, 5.74) is 1.75. The third kappa shape index (κ3) is 5.40. The number of nitrogens with one attached hydrogen (secondary N) is 1. The second-order valence-corrected chi connectivity index (χ2v) is 8.08. The van der Waals surface area contributed by atoms with E-state index < -0.39 is 6.04 Å². The van der Waals surface area contributed by atoms with Crippen LogP contribution in [0.2, 0.25) is 0 Å². The Morgan fingerprint density at radius 3 is 2.52 bits per heavy atom. The molecule has 0 aliphatic carbocycles. The van der Waals surface area contributed by atoms with Crippen LogP contribution in [0.15, 0.2) is 77.4 Å². The molecule has 170 valence electrons. The molecular formula is C25H25N3O4S. The topological polar surface area (TPSA) is 75.0 Å². The number of hydrogen-bond donors (Lipinski definition) is 1. The first-order valence-corrected chi connectivity index (χ1v) is 11.1. The highest BCUT2D eigenvalue weighted by Crippen LogP contribution is 2.25. The Balaban J connectivity index is 1.47. The van der Waals surface area contributed by atoms with E-state index in [9.17, 15) is 9.59 Å². The van der Waals surface area contributed by atoms with Crippen molar-refractivity contribution in [3.8, 4) is 5.75 Å². The average Bonchev–Trinajstić information content (AvgIpc) is 3.42. The van der Waals surface area contributed by atoms with Crippen LogP contribution in [-0.2, 0) is 22.6 Å². The Kier molecular flexibility index (Phi) is 7.04. The second-order valence-electron chi connectivity index (χ2n) is 7.71. The van der Waals surface area contributed by atoms with Crippen LogP contribution in [-0.4, -0.2) is 46.4 Å². The second kappa shape index (κ2) is 10.3. The summed E-state index contributed by atoms with van der Waals surface area (Å²) in [6.45, 7) is 0.771. The summed E-state index contributed by atoms with van der Waals surface area (Å²) >= 11 is 5.66. The molecule has 0 saturated carbocycles. The van der Waals surface area contributed by atoms with Crippen LogP contribution in [0.4, 0.5) is 5.69 Å². The number of nitrogens with zero attached hydrogens (tertiary/aromatic N) is 2. The van der Waals surface area contributed by atoms with Gasteiger partial charge in [-0.25, -0.2) is 0 Å². The van der Waals surface area contributed by atoms with Crippen LogP contribution in [0.3, 0.4) is 0 Å². The van der Waals surface area contributed by atoms with Gasteiger partial charge in [0.15, 0.2) is 5.11 Å². The summed E-state index contributed by atoms with van der Waals surface area (Å²) in [5, 5.41) is 3.26. The van der Waals surface area contributed by atoms with Gasteiger partial charge in [-0.05, 0) is 60.6 Å². The smallest absolute Gasteiger partial charge is 0.252 e. The van der Waals surface area contributed by atoms with Gasteiger partial charge < -0.3 is 19.4 Å². The van der Waals surface area contributed by atoms with Gasteiger partial charge in [-0.3, -0.25) is 14.5 Å². The predicted molar refractivity (Wildman–Crippen MR) is 129 cm³/mol. The zero-order valence-electron chi connectivity index (χ0n) is 18.3. The van der Waals surface area contributed by atoms with E-state index in [0.717, 1.165) is 5.56 Å². The Bertz CT molecular complexity index is 1100. The molecule has 3 aromatic rings. The number of ether oxygens (including phenoxy) is 1. The average molecular weight is 464 g/mol. The molecule has 33 heavy (non-hydrogen) atoms. The van der Waals surface area contributed by atoms with Crippen molar-refractivity contribution in [3.05, 3.63) is 84.3 Å². The summed E-state index contributed by atoms with van der Waals surface area (Å²) in [4.78, 5) is 29.5. The van der Waals surface area contributed by atoms with Gasteiger partial charge in [-0.1, -0.05) is 30.3 Å². The van der Waals surface area contributed by atoms with Crippen LogP contribution in [0.1, 0.15) is 17.7 Å². The molecule has 0 unspecified atom stereocenters. The van der Waals surface area contributed by atoms with Crippen LogP contribution in [0.5, 0.6) is 5.75 Å². The minimum Gasteiger partial charge on any atom is -0.497 e. The third-order valence-electron chi connectivity index (χ3n) is 5.53. The quantitative estimate of drug-likeness (QED) is 0.486. The lowest BCUT2D eigenvalue weighted by molar-refractivity contribution is -0.130. The van der Waals surface area contributed by atoms with Gasteiger partial charge in [0, 0.05) is 12.2 Å². The molecule has 8 heteroatoms. The van der Waals surface area contributed by atoms with Gasteiger partial charge in [0.1, 0.15) is 17.6 Å². The van der Waals surface area contributed by atoms with Gasteiger partial charge in [0.05, 0.1) is 26.3 Å². The maximum atomic E-state index is 13.3. The molecule has 4 rings (SSSR count). The van der Waals surface area contributed by atoms with Crippen molar-refractivity contribution >= 4 is 34.8 Å². The van der Waals surface area contributed by atoms with Crippen molar-refractivity contribution in [1.29, 1.82) is 0 Å². The lowest BCUT2D eigenvalue weighted by Gasteiger charge is -2.22. The summed E-state index contributed by atoms with van der Waals surface area (Å²) < 4.78 is 10.6. The number of benzene rings is 2. The maximum Gasteiger partial charge on any atom is 0.252 e. The molecule has 0 spiro atoms. The molecule has 0 bridgehead atoms. The standard InChI is InChI=1S/C25H25N3O4S/c1-31-20-11-9-19(10-12-20)26-23(29)16-22-24(30)27(14-13-18-6-3-2-4-7-18)25(33)28(22)17-21-8-5-15-32-21/h2-12,15,22H,13-14,16-17H2,1H3,(H,26,29)/t22-/m1/s1. The largest absolute Gasteiger partial charge is 0.497 e. The number of thiocarbonyl (C=S) groups is 1. The molecule has 1 aliphatic rings. The molecule has 1 aliphatic heterocycles. The van der Waals surface area contributed by atoms with E-state index in [1.165, 1.54) is 0 Å². The van der Waals surface area contributed by atoms with E-state index in [4.69, 9.17) is 21.4 Å². The van der Waals surface area contributed by atoms with Crippen molar-refractivity contribution in [3.63, 3.8) is 0 Å². The maximum absolute atomic E-state index is 13.3. The fourth-order valence-electron chi connectivity index (χ4n) is 3.79. The monoisotopic (exact) mass is 463 g/mol. The first kappa shape index (κ1) is 22.5. The van der Waals surface area contributed by atoms with Gasteiger partial charge >= 0.3 is 0 Å². The van der Waals surface area contributed by atoms with E-state index in [0.29, 0.717) is 41.8 Å². The number of hydrogen-bond acceptors (Lipinski definition) is 5. The zero-order valence-corrected chi connectivity index (χ0v) is 19.1.